The first-order valence-electron chi connectivity index (χ1n) is 8.67. The number of anilines is 1. The maximum atomic E-state index is 13.4. The van der Waals surface area contributed by atoms with E-state index in [-0.39, 0.29) is 17.0 Å². The van der Waals surface area contributed by atoms with Crippen LogP contribution in [0.15, 0.2) is 83.9 Å². The van der Waals surface area contributed by atoms with E-state index in [0.717, 1.165) is 11.4 Å². The molecule has 4 aromatic rings. The molecule has 0 saturated heterocycles. The van der Waals surface area contributed by atoms with Crippen molar-refractivity contribution >= 4 is 16.6 Å². The van der Waals surface area contributed by atoms with Crippen LogP contribution in [0.1, 0.15) is 0 Å². The molecule has 2 aromatic heterocycles. The zero-order valence-corrected chi connectivity index (χ0v) is 15.2. The van der Waals surface area contributed by atoms with Gasteiger partial charge in [0, 0.05) is 37.6 Å². The summed E-state index contributed by atoms with van der Waals surface area (Å²) in [5, 5.41) is 13.6. The summed E-state index contributed by atoms with van der Waals surface area (Å²) >= 11 is 0. The summed E-state index contributed by atoms with van der Waals surface area (Å²) < 4.78 is 3.20. The SMILES string of the molecule is CN(C)c1cc[n+](-c2c([O-])c3ccccc3n(-c3ccccc3)c2=O)cc1. The van der Waals surface area contributed by atoms with Crippen LogP contribution in [-0.2, 0) is 0 Å². The van der Waals surface area contributed by atoms with Gasteiger partial charge in [0.05, 0.1) is 5.52 Å². The number of para-hydroxylation sites is 2. The summed E-state index contributed by atoms with van der Waals surface area (Å²) in [6.45, 7) is 0. The minimum Gasteiger partial charge on any atom is -0.867 e. The first-order chi connectivity index (χ1) is 13.1. The lowest BCUT2D eigenvalue weighted by molar-refractivity contribution is -0.600. The molecule has 0 aliphatic rings. The van der Waals surface area contributed by atoms with Crippen LogP contribution in [0.5, 0.6) is 5.75 Å². The zero-order valence-electron chi connectivity index (χ0n) is 15.2. The van der Waals surface area contributed by atoms with Crippen molar-refractivity contribution in [1.29, 1.82) is 0 Å². The first-order valence-corrected chi connectivity index (χ1v) is 8.67. The third kappa shape index (κ3) is 2.83. The molecule has 0 aliphatic heterocycles. The molecule has 4 rings (SSSR count). The number of hydrogen-bond acceptors (Lipinski definition) is 3. The lowest BCUT2D eigenvalue weighted by Gasteiger charge is -2.17. The van der Waals surface area contributed by atoms with Gasteiger partial charge in [-0.25, -0.2) is 0 Å². The fourth-order valence-corrected chi connectivity index (χ4v) is 3.23. The van der Waals surface area contributed by atoms with Crippen molar-refractivity contribution in [3.63, 3.8) is 0 Å². The van der Waals surface area contributed by atoms with E-state index in [1.807, 2.05) is 73.6 Å². The predicted molar refractivity (Wildman–Crippen MR) is 105 cm³/mol. The topological polar surface area (TPSA) is 52.2 Å². The van der Waals surface area contributed by atoms with Gasteiger partial charge in [-0.3, -0.25) is 9.36 Å². The van der Waals surface area contributed by atoms with Crippen molar-refractivity contribution in [2.45, 2.75) is 0 Å². The average molecular weight is 357 g/mol. The van der Waals surface area contributed by atoms with Gasteiger partial charge in [0.1, 0.15) is 0 Å². The van der Waals surface area contributed by atoms with E-state index in [1.165, 1.54) is 0 Å². The monoisotopic (exact) mass is 357 g/mol. The van der Waals surface area contributed by atoms with E-state index in [9.17, 15) is 9.90 Å². The van der Waals surface area contributed by atoms with E-state index in [2.05, 4.69) is 0 Å². The van der Waals surface area contributed by atoms with Crippen LogP contribution in [0, 0.1) is 0 Å². The molecule has 2 aromatic carbocycles. The average Bonchev–Trinajstić information content (AvgIpc) is 2.69. The Labute approximate surface area is 157 Å². The van der Waals surface area contributed by atoms with Gasteiger partial charge in [-0.05, 0) is 29.3 Å². The molecule has 0 atom stereocenters. The van der Waals surface area contributed by atoms with E-state index in [0.29, 0.717) is 10.9 Å². The third-order valence-electron chi connectivity index (χ3n) is 4.61. The Morgan fingerprint density at radius 2 is 1.52 bits per heavy atom. The van der Waals surface area contributed by atoms with Crippen molar-refractivity contribution in [3.8, 4) is 17.1 Å². The van der Waals surface area contributed by atoms with Crippen LogP contribution in [0.25, 0.3) is 22.3 Å². The summed E-state index contributed by atoms with van der Waals surface area (Å²) in [4.78, 5) is 15.3. The first kappa shape index (κ1) is 16.8. The fourth-order valence-electron chi connectivity index (χ4n) is 3.23. The summed E-state index contributed by atoms with van der Waals surface area (Å²) in [7, 11) is 3.88. The van der Waals surface area contributed by atoms with Crippen molar-refractivity contribution < 1.29 is 9.67 Å². The highest BCUT2D eigenvalue weighted by atomic mass is 16.3. The number of nitrogens with zero attached hydrogens (tertiary/aromatic N) is 3. The molecular weight excluding hydrogens is 338 g/mol. The molecule has 0 radical (unpaired) electrons. The second-order valence-electron chi connectivity index (χ2n) is 6.53. The highest BCUT2D eigenvalue weighted by Crippen LogP contribution is 2.26. The lowest BCUT2D eigenvalue weighted by atomic mass is 10.1. The Hall–Kier alpha value is -3.60. The number of fused-ring (bicyclic) bond motifs is 1. The van der Waals surface area contributed by atoms with E-state index in [1.54, 1.807) is 33.7 Å². The Morgan fingerprint density at radius 3 is 2.19 bits per heavy atom. The number of aromatic nitrogens is 2. The highest BCUT2D eigenvalue weighted by molar-refractivity contribution is 5.88. The molecule has 0 amide bonds. The molecule has 5 nitrogen and oxygen atoms in total. The standard InChI is InChI=1S/C22H19N3O2/c1-23(2)16-12-14-24(15-13-16)20-21(26)18-10-6-7-11-19(18)25(22(20)27)17-8-4-3-5-9-17/h3-15H,1-2H3. The van der Waals surface area contributed by atoms with Crippen molar-refractivity contribution in [2.75, 3.05) is 19.0 Å². The van der Waals surface area contributed by atoms with E-state index in [4.69, 9.17) is 0 Å². The highest BCUT2D eigenvalue weighted by Gasteiger charge is 2.20. The zero-order chi connectivity index (χ0) is 19.0. The van der Waals surface area contributed by atoms with Gasteiger partial charge in [-0.1, -0.05) is 36.4 Å². The predicted octanol–water partition coefficient (Wildman–Crippen LogP) is 2.41. The van der Waals surface area contributed by atoms with Crippen LogP contribution < -0.4 is 20.1 Å². The van der Waals surface area contributed by atoms with Crippen LogP contribution in [0.4, 0.5) is 5.69 Å². The molecule has 0 aliphatic carbocycles. The maximum Gasteiger partial charge on any atom is 0.327 e. The van der Waals surface area contributed by atoms with Gasteiger partial charge in [-0.2, -0.15) is 4.57 Å². The van der Waals surface area contributed by atoms with Crippen LogP contribution in [-0.4, -0.2) is 18.7 Å². The van der Waals surface area contributed by atoms with E-state index < -0.39 is 0 Å². The van der Waals surface area contributed by atoms with Crippen molar-refractivity contribution in [2.24, 2.45) is 0 Å². The number of benzene rings is 2. The molecule has 0 saturated carbocycles. The van der Waals surface area contributed by atoms with Gasteiger partial charge in [0.25, 0.3) is 5.69 Å². The molecule has 134 valence electrons. The molecule has 0 spiro atoms. The van der Waals surface area contributed by atoms with Crippen LogP contribution >= 0.6 is 0 Å². The molecular formula is C22H19N3O2. The van der Waals surface area contributed by atoms with Crippen LogP contribution in [0.3, 0.4) is 0 Å². The Kier molecular flexibility index (Phi) is 4.12. The third-order valence-corrected chi connectivity index (χ3v) is 4.61. The molecule has 0 unspecified atom stereocenters. The Bertz CT molecular complexity index is 1160. The minimum atomic E-state index is -0.340. The normalized spacial score (nSPS) is 10.9. The lowest BCUT2D eigenvalue weighted by Crippen LogP contribution is -2.40. The van der Waals surface area contributed by atoms with Gasteiger partial charge < -0.3 is 10.0 Å². The number of rotatable bonds is 3. The van der Waals surface area contributed by atoms with E-state index >= 15 is 0 Å². The number of hydrogen-bond donors (Lipinski definition) is 0. The summed E-state index contributed by atoms with van der Waals surface area (Å²) in [5.41, 5.74) is 2.09. The Balaban J connectivity index is 2.06. The van der Waals surface area contributed by atoms with Crippen LogP contribution in [0.2, 0.25) is 0 Å². The molecule has 0 N–H and O–H groups in total. The number of pyridine rings is 2. The molecule has 27 heavy (non-hydrogen) atoms. The largest absolute Gasteiger partial charge is 0.867 e. The molecule has 2 heterocycles. The van der Waals surface area contributed by atoms with Crippen molar-refractivity contribution in [3.05, 3.63) is 89.5 Å². The smallest absolute Gasteiger partial charge is 0.327 e. The maximum absolute atomic E-state index is 13.4. The summed E-state index contributed by atoms with van der Waals surface area (Å²) in [6.07, 6.45) is 3.50. The van der Waals surface area contributed by atoms with Gasteiger partial charge in [-0.15, -0.1) is 0 Å². The summed E-state index contributed by atoms with van der Waals surface area (Å²) in [5.74, 6) is -0.273. The van der Waals surface area contributed by atoms with Gasteiger partial charge in [0.15, 0.2) is 12.4 Å². The molecule has 5 heteroatoms. The second-order valence-corrected chi connectivity index (χ2v) is 6.53. The minimum absolute atomic E-state index is 0.114. The molecule has 0 fully saturated rings. The fraction of sp³-hybridized carbons (Fsp3) is 0.0909. The summed E-state index contributed by atoms with van der Waals surface area (Å²) in [6, 6.07) is 20.3. The quantitative estimate of drug-likeness (QED) is 0.529. The van der Waals surface area contributed by atoms with Gasteiger partial charge >= 0.3 is 5.56 Å². The Morgan fingerprint density at radius 1 is 0.889 bits per heavy atom. The van der Waals surface area contributed by atoms with Crippen molar-refractivity contribution in [1.82, 2.24) is 4.57 Å². The van der Waals surface area contributed by atoms with Gasteiger partial charge in [0.2, 0.25) is 0 Å². The second kappa shape index (κ2) is 6.61. The molecule has 0 bridgehead atoms.